The summed E-state index contributed by atoms with van der Waals surface area (Å²) in [6.07, 6.45) is 0. The zero-order chi connectivity index (χ0) is 12.8. The fraction of sp³-hybridized carbons (Fsp3) is 0.364. The predicted octanol–water partition coefficient (Wildman–Crippen LogP) is 2.84. The number of anilines is 1. The minimum Gasteiger partial charge on any atom is -0.361 e. The molecule has 0 saturated carbocycles. The highest BCUT2D eigenvalue weighted by molar-refractivity contribution is 7.80. The lowest BCUT2D eigenvalue weighted by Crippen LogP contribution is -2.34. The Morgan fingerprint density at radius 1 is 1.35 bits per heavy atom. The van der Waals surface area contributed by atoms with Crippen molar-refractivity contribution in [1.29, 1.82) is 0 Å². The van der Waals surface area contributed by atoms with E-state index in [4.69, 9.17) is 35.4 Å². The third kappa shape index (κ3) is 5.08. The van der Waals surface area contributed by atoms with E-state index in [0.717, 1.165) is 13.1 Å². The van der Waals surface area contributed by atoms with Gasteiger partial charge in [0.05, 0.1) is 15.7 Å². The van der Waals surface area contributed by atoms with Crippen LogP contribution in [0.25, 0.3) is 0 Å². The highest BCUT2D eigenvalue weighted by atomic mass is 35.5. The van der Waals surface area contributed by atoms with Gasteiger partial charge in [0.2, 0.25) is 0 Å². The molecule has 1 aromatic carbocycles. The van der Waals surface area contributed by atoms with E-state index in [-0.39, 0.29) is 0 Å². The number of halogens is 2. The van der Waals surface area contributed by atoms with E-state index in [1.807, 2.05) is 26.2 Å². The number of nitrogens with one attached hydrogen (secondary N) is 2. The van der Waals surface area contributed by atoms with E-state index in [1.165, 1.54) is 0 Å². The average Bonchev–Trinajstić information content (AvgIpc) is 2.24. The molecule has 0 aromatic heterocycles. The SMILES string of the molecule is CN(C)CCNC(=S)Nc1cccc(Cl)c1Cl. The Balaban J connectivity index is 2.48. The summed E-state index contributed by atoms with van der Waals surface area (Å²) in [5.74, 6) is 0. The summed E-state index contributed by atoms with van der Waals surface area (Å²) in [7, 11) is 4.01. The standard InChI is InChI=1S/C11H15Cl2N3S/c1-16(2)7-6-14-11(17)15-9-5-3-4-8(12)10(9)13/h3-5H,6-7H2,1-2H3,(H2,14,15,17). The molecule has 1 aromatic rings. The first-order chi connectivity index (χ1) is 8.00. The van der Waals surface area contributed by atoms with E-state index in [9.17, 15) is 0 Å². The molecule has 2 N–H and O–H groups in total. The van der Waals surface area contributed by atoms with Gasteiger partial charge in [-0.15, -0.1) is 0 Å². The normalized spacial score (nSPS) is 10.4. The summed E-state index contributed by atoms with van der Waals surface area (Å²) < 4.78 is 0. The maximum atomic E-state index is 6.03. The van der Waals surface area contributed by atoms with Crippen LogP contribution in [0.4, 0.5) is 5.69 Å². The molecule has 0 unspecified atom stereocenters. The van der Waals surface area contributed by atoms with E-state index in [2.05, 4.69) is 15.5 Å². The largest absolute Gasteiger partial charge is 0.361 e. The average molecular weight is 292 g/mol. The van der Waals surface area contributed by atoms with Crippen LogP contribution in [0, 0.1) is 0 Å². The summed E-state index contributed by atoms with van der Waals surface area (Å²) in [5.41, 5.74) is 0.710. The van der Waals surface area contributed by atoms with Gasteiger partial charge >= 0.3 is 0 Å². The highest BCUT2D eigenvalue weighted by Crippen LogP contribution is 2.29. The summed E-state index contributed by atoms with van der Waals surface area (Å²) in [6.45, 7) is 1.68. The number of hydrogen-bond donors (Lipinski definition) is 2. The molecule has 0 fully saturated rings. The predicted molar refractivity (Wildman–Crippen MR) is 79.2 cm³/mol. The Morgan fingerprint density at radius 3 is 2.71 bits per heavy atom. The second kappa shape index (κ2) is 7.01. The quantitative estimate of drug-likeness (QED) is 0.835. The van der Waals surface area contributed by atoms with Gasteiger partial charge in [0.1, 0.15) is 0 Å². The molecule has 0 atom stereocenters. The molecule has 0 aliphatic heterocycles. The van der Waals surface area contributed by atoms with Gasteiger partial charge in [-0.05, 0) is 38.4 Å². The van der Waals surface area contributed by atoms with E-state index in [1.54, 1.807) is 6.07 Å². The van der Waals surface area contributed by atoms with Crippen molar-refractivity contribution in [2.75, 3.05) is 32.5 Å². The molecule has 0 amide bonds. The fourth-order valence-corrected chi connectivity index (χ4v) is 1.72. The molecule has 3 nitrogen and oxygen atoms in total. The summed E-state index contributed by atoms with van der Waals surface area (Å²) in [5, 5.41) is 7.62. The lowest BCUT2D eigenvalue weighted by atomic mass is 10.3. The first-order valence-electron chi connectivity index (χ1n) is 5.14. The zero-order valence-corrected chi connectivity index (χ0v) is 12.1. The smallest absolute Gasteiger partial charge is 0.170 e. The van der Waals surface area contributed by atoms with Gasteiger partial charge in [0.15, 0.2) is 5.11 Å². The molecule has 0 heterocycles. The summed E-state index contributed by atoms with van der Waals surface area (Å²) in [6, 6.07) is 5.38. The van der Waals surface area contributed by atoms with Crippen LogP contribution in [0.1, 0.15) is 0 Å². The Bertz CT molecular complexity index is 396. The third-order valence-corrected chi connectivity index (χ3v) is 3.11. The van der Waals surface area contributed by atoms with Crippen molar-refractivity contribution in [3.05, 3.63) is 28.2 Å². The Hall–Kier alpha value is -0.550. The molecule has 0 radical (unpaired) electrons. The van der Waals surface area contributed by atoms with Crippen molar-refractivity contribution in [2.45, 2.75) is 0 Å². The number of nitrogens with zero attached hydrogens (tertiary/aromatic N) is 1. The Labute approximate surface area is 117 Å². The Morgan fingerprint density at radius 2 is 2.06 bits per heavy atom. The molecule has 0 aliphatic carbocycles. The minimum atomic E-state index is 0.478. The first-order valence-corrected chi connectivity index (χ1v) is 6.30. The fourth-order valence-electron chi connectivity index (χ4n) is 1.16. The summed E-state index contributed by atoms with van der Waals surface area (Å²) in [4.78, 5) is 2.07. The molecule has 0 bridgehead atoms. The molecular weight excluding hydrogens is 277 g/mol. The van der Waals surface area contributed by atoms with Crippen LogP contribution in [0.5, 0.6) is 0 Å². The van der Waals surface area contributed by atoms with Gasteiger partial charge in [0, 0.05) is 13.1 Å². The second-order valence-corrected chi connectivity index (χ2v) is 4.98. The number of likely N-dealkylation sites (N-methyl/N-ethyl adjacent to an activating group) is 1. The van der Waals surface area contributed by atoms with Gasteiger partial charge < -0.3 is 15.5 Å². The molecular formula is C11H15Cl2N3S. The van der Waals surface area contributed by atoms with Crippen molar-refractivity contribution in [3.63, 3.8) is 0 Å². The number of rotatable bonds is 4. The van der Waals surface area contributed by atoms with Gasteiger partial charge in [-0.2, -0.15) is 0 Å². The number of benzene rings is 1. The highest BCUT2D eigenvalue weighted by Gasteiger charge is 2.05. The molecule has 1 rings (SSSR count). The zero-order valence-electron chi connectivity index (χ0n) is 9.76. The third-order valence-electron chi connectivity index (χ3n) is 2.04. The molecule has 94 valence electrons. The minimum absolute atomic E-state index is 0.478. The van der Waals surface area contributed by atoms with Crippen LogP contribution in [0.15, 0.2) is 18.2 Å². The van der Waals surface area contributed by atoms with Crippen molar-refractivity contribution < 1.29 is 0 Å². The molecule has 0 aliphatic rings. The van der Waals surface area contributed by atoms with Gasteiger partial charge in [0.25, 0.3) is 0 Å². The number of thiocarbonyl (C=S) groups is 1. The van der Waals surface area contributed by atoms with Gasteiger partial charge in [-0.25, -0.2) is 0 Å². The van der Waals surface area contributed by atoms with E-state index >= 15 is 0 Å². The molecule has 0 spiro atoms. The Kier molecular flexibility index (Phi) is 5.98. The van der Waals surface area contributed by atoms with Crippen LogP contribution < -0.4 is 10.6 Å². The van der Waals surface area contributed by atoms with E-state index in [0.29, 0.717) is 20.8 Å². The van der Waals surface area contributed by atoms with Crippen LogP contribution in [-0.2, 0) is 0 Å². The van der Waals surface area contributed by atoms with Gasteiger partial charge in [-0.3, -0.25) is 0 Å². The van der Waals surface area contributed by atoms with Crippen LogP contribution in [0.2, 0.25) is 10.0 Å². The topological polar surface area (TPSA) is 27.3 Å². The lowest BCUT2D eigenvalue weighted by molar-refractivity contribution is 0.413. The van der Waals surface area contributed by atoms with Gasteiger partial charge in [-0.1, -0.05) is 29.3 Å². The van der Waals surface area contributed by atoms with Crippen LogP contribution >= 0.6 is 35.4 Å². The van der Waals surface area contributed by atoms with Crippen LogP contribution in [0.3, 0.4) is 0 Å². The second-order valence-electron chi connectivity index (χ2n) is 3.79. The maximum Gasteiger partial charge on any atom is 0.170 e. The molecule has 6 heteroatoms. The van der Waals surface area contributed by atoms with Crippen molar-refractivity contribution in [1.82, 2.24) is 10.2 Å². The van der Waals surface area contributed by atoms with Crippen LogP contribution in [-0.4, -0.2) is 37.2 Å². The van der Waals surface area contributed by atoms with E-state index < -0.39 is 0 Å². The van der Waals surface area contributed by atoms with Crippen molar-refractivity contribution in [3.8, 4) is 0 Å². The number of hydrogen-bond acceptors (Lipinski definition) is 2. The molecule has 17 heavy (non-hydrogen) atoms. The van der Waals surface area contributed by atoms with Crippen molar-refractivity contribution >= 4 is 46.2 Å². The van der Waals surface area contributed by atoms with Crippen molar-refractivity contribution in [2.24, 2.45) is 0 Å². The molecule has 0 saturated heterocycles. The summed E-state index contributed by atoms with van der Waals surface area (Å²) >= 11 is 17.1. The lowest BCUT2D eigenvalue weighted by Gasteiger charge is -2.14. The first kappa shape index (κ1) is 14.5. The monoisotopic (exact) mass is 291 g/mol. The maximum absolute atomic E-state index is 6.03.